The van der Waals surface area contributed by atoms with Gasteiger partial charge in [0, 0.05) is 55.5 Å². The molecule has 1 N–H and O–H groups in total. The highest BCUT2D eigenvalue weighted by atomic mass is 35.5. The highest BCUT2D eigenvalue weighted by Crippen LogP contribution is 2.35. The predicted molar refractivity (Wildman–Crippen MR) is 166 cm³/mol. The van der Waals surface area contributed by atoms with Gasteiger partial charge in [0.05, 0.1) is 16.9 Å². The van der Waals surface area contributed by atoms with Gasteiger partial charge in [-0.1, -0.05) is 18.2 Å². The van der Waals surface area contributed by atoms with Gasteiger partial charge in [0.25, 0.3) is 5.91 Å². The van der Waals surface area contributed by atoms with Gasteiger partial charge in [0.2, 0.25) is 0 Å². The van der Waals surface area contributed by atoms with Crippen LogP contribution in [0.4, 0.5) is 5.69 Å². The Morgan fingerprint density at radius 1 is 1.00 bits per heavy atom. The molecule has 3 aliphatic rings. The Balaban J connectivity index is 0.00000169. The number of anilines is 1. The lowest BCUT2D eigenvalue weighted by Crippen LogP contribution is -2.47. The van der Waals surface area contributed by atoms with Crippen LogP contribution in [0.2, 0.25) is 0 Å². The molecule has 2 aromatic heterocycles. The van der Waals surface area contributed by atoms with Crippen molar-refractivity contribution in [2.24, 2.45) is 0 Å². The van der Waals surface area contributed by atoms with E-state index in [0.29, 0.717) is 12.3 Å². The van der Waals surface area contributed by atoms with Gasteiger partial charge in [-0.25, -0.2) is 4.98 Å². The number of benzene rings is 2. The number of hydrogen-bond acceptors (Lipinski definition) is 6. The third kappa shape index (κ3) is 5.61. The maximum atomic E-state index is 12.8. The summed E-state index contributed by atoms with van der Waals surface area (Å²) in [6.45, 7) is 7.43. The van der Waals surface area contributed by atoms with Crippen molar-refractivity contribution in [2.75, 3.05) is 37.6 Å². The number of carbonyl (C=O) groups is 1. The lowest BCUT2D eigenvalue weighted by atomic mass is 9.93. The third-order valence-corrected chi connectivity index (χ3v) is 8.47. The van der Waals surface area contributed by atoms with Gasteiger partial charge in [-0.2, -0.15) is 0 Å². The summed E-state index contributed by atoms with van der Waals surface area (Å²) in [6, 6.07) is 17.3. The van der Waals surface area contributed by atoms with E-state index in [0.717, 1.165) is 80.3 Å². The lowest BCUT2D eigenvalue weighted by Gasteiger charge is -2.36. The van der Waals surface area contributed by atoms with Crippen LogP contribution in [0.5, 0.6) is 5.75 Å². The van der Waals surface area contributed by atoms with Crippen molar-refractivity contribution in [2.45, 2.75) is 45.3 Å². The fraction of sp³-hybridized carbons (Fsp3) is 0.387. The van der Waals surface area contributed by atoms with Crippen molar-refractivity contribution in [1.29, 1.82) is 0 Å². The Morgan fingerprint density at radius 2 is 1.78 bits per heavy atom. The number of para-hydroxylation sites is 1. The first-order valence-corrected chi connectivity index (χ1v) is 14.1. The van der Waals surface area contributed by atoms with Gasteiger partial charge in [0.1, 0.15) is 18.7 Å². The predicted octanol–water partition coefficient (Wildman–Crippen LogP) is 5.11. The van der Waals surface area contributed by atoms with E-state index in [1.807, 2.05) is 11.5 Å². The topological polar surface area (TPSA) is 75.5 Å². The minimum absolute atomic E-state index is 0. The number of amides is 1. The number of pyridine rings is 1. The van der Waals surface area contributed by atoms with E-state index in [4.69, 9.17) is 9.72 Å². The van der Waals surface area contributed by atoms with Gasteiger partial charge in [0.15, 0.2) is 5.69 Å². The quantitative estimate of drug-likeness (QED) is 0.334. The molecule has 41 heavy (non-hydrogen) atoms. The van der Waals surface area contributed by atoms with E-state index in [1.54, 1.807) is 6.33 Å². The summed E-state index contributed by atoms with van der Waals surface area (Å²) in [6.07, 6.45) is 5.97. The van der Waals surface area contributed by atoms with E-state index >= 15 is 0 Å². The average Bonchev–Trinajstić information content (AvgIpc) is 3.38. The zero-order chi connectivity index (χ0) is 26.3. The first-order valence-electron chi connectivity index (χ1n) is 14.1. The molecule has 0 bridgehead atoms. The molecule has 2 aromatic carbocycles. The summed E-state index contributed by atoms with van der Waals surface area (Å²) in [5, 5.41) is 4.33. The molecule has 4 aromatic rings. The fourth-order valence-corrected chi connectivity index (χ4v) is 5.99. The molecule has 2 fully saturated rings. The second-order valence-electron chi connectivity index (χ2n) is 10.9. The largest absolute Gasteiger partial charge is 0.485 e. The average molecular weight is 596 g/mol. The van der Waals surface area contributed by atoms with Crippen LogP contribution in [0.3, 0.4) is 0 Å². The third-order valence-electron chi connectivity index (χ3n) is 8.47. The number of aromatic nitrogens is 3. The number of nitrogens with zero attached hydrogens (tertiary/aromatic N) is 5. The van der Waals surface area contributed by atoms with Crippen LogP contribution in [0.25, 0.3) is 16.6 Å². The number of fused-ring (bicyclic) bond motifs is 4. The summed E-state index contributed by atoms with van der Waals surface area (Å²) in [5.41, 5.74) is 6.87. The Bertz CT molecular complexity index is 1550. The van der Waals surface area contributed by atoms with Gasteiger partial charge in [-0.15, -0.1) is 24.8 Å². The van der Waals surface area contributed by atoms with Crippen molar-refractivity contribution < 1.29 is 9.53 Å². The molecule has 1 saturated carbocycles. The number of carbonyl (C=O) groups excluding carboxylic acids is 1. The van der Waals surface area contributed by atoms with Crippen molar-refractivity contribution in [1.82, 2.24) is 24.8 Å². The van der Waals surface area contributed by atoms with Crippen LogP contribution in [0, 0.1) is 6.92 Å². The van der Waals surface area contributed by atoms with Crippen LogP contribution >= 0.6 is 24.8 Å². The van der Waals surface area contributed by atoms with Crippen LogP contribution in [-0.2, 0) is 13.0 Å². The van der Waals surface area contributed by atoms with Crippen molar-refractivity contribution in [3.8, 4) is 11.4 Å². The standard InChI is InChI=1S/C31H34N6O2.2ClH/c1-21-11-12-24-25(33-21)8-4-9-26(24)36-17-15-35(16-18-36)14-13-22-5-2-10-27-30(22)39-19-28-29(32-20-37(27)28)31(38)34-23-6-3-7-23;;/h2,4-5,8-12,20,23H,3,6-7,13-19H2,1H3,(H,34,38);2*1H. The second-order valence-corrected chi connectivity index (χ2v) is 10.9. The van der Waals surface area contributed by atoms with E-state index in [2.05, 4.69) is 68.6 Å². The van der Waals surface area contributed by atoms with Gasteiger partial charge in [-0.3, -0.25) is 19.2 Å². The molecule has 10 heteroatoms. The summed E-state index contributed by atoms with van der Waals surface area (Å²) in [5.74, 6) is 0.816. The molecule has 0 unspecified atom stereocenters. The molecule has 7 rings (SSSR count). The molecule has 216 valence electrons. The number of ether oxygens (including phenoxy) is 1. The lowest BCUT2D eigenvalue weighted by molar-refractivity contribution is 0.0909. The highest BCUT2D eigenvalue weighted by molar-refractivity contribution is 5.94. The van der Waals surface area contributed by atoms with Crippen LogP contribution in [0.1, 0.15) is 46.7 Å². The van der Waals surface area contributed by atoms with Crippen molar-refractivity contribution >= 4 is 47.3 Å². The van der Waals surface area contributed by atoms with Crippen LogP contribution in [0.15, 0.2) is 54.9 Å². The summed E-state index contributed by atoms with van der Waals surface area (Å²) >= 11 is 0. The van der Waals surface area contributed by atoms with E-state index in [9.17, 15) is 4.79 Å². The molecule has 0 atom stereocenters. The molecular formula is C31H36Cl2N6O2. The Labute approximate surface area is 252 Å². The monoisotopic (exact) mass is 594 g/mol. The smallest absolute Gasteiger partial charge is 0.272 e. The van der Waals surface area contributed by atoms with Gasteiger partial charge < -0.3 is 15.0 Å². The molecule has 0 radical (unpaired) electrons. The summed E-state index contributed by atoms with van der Waals surface area (Å²) in [7, 11) is 0. The molecule has 1 saturated heterocycles. The van der Waals surface area contributed by atoms with Crippen LogP contribution < -0.4 is 15.0 Å². The van der Waals surface area contributed by atoms with Crippen molar-refractivity contribution in [3.63, 3.8) is 0 Å². The van der Waals surface area contributed by atoms with Gasteiger partial charge in [-0.05, 0) is 68.5 Å². The Hall–Kier alpha value is -3.33. The minimum atomic E-state index is -0.0920. The highest BCUT2D eigenvalue weighted by Gasteiger charge is 2.28. The molecular weight excluding hydrogens is 559 g/mol. The number of imidazole rings is 1. The van der Waals surface area contributed by atoms with Crippen LogP contribution in [-0.4, -0.2) is 64.1 Å². The van der Waals surface area contributed by atoms with Gasteiger partial charge >= 0.3 is 0 Å². The molecule has 0 spiro atoms. The first kappa shape index (κ1) is 29.2. The zero-order valence-electron chi connectivity index (χ0n) is 23.2. The number of hydrogen-bond donors (Lipinski definition) is 1. The normalized spacial score (nSPS) is 16.5. The zero-order valence-corrected chi connectivity index (χ0v) is 24.8. The number of halogens is 2. The van der Waals surface area contributed by atoms with E-state index in [-0.39, 0.29) is 36.8 Å². The fourth-order valence-electron chi connectivity index (χ4n) is 5.99. The SMILES string of the molecule is Cc1ccc2c(N3CCN(CCc4cccc5c4OCc4c(C(=O)NC6CCC6)ncn4-5)CC3)cccc2n1.Cl.Cl. The molecule has 2 aliphatic heterocycles. The first-order chi connectivity index (χ1) is 19.1. The Kier molecular flexibility index (Phi) is 8.73. The van der Waals surface area contributed by atoms with E-state index < -0.39 is 0 Å². The number of piperazine rings is 1. The molecule has 4 heterocycles. The second kappa shape index (κ2) is 12.3. The molecule has 8 nitrogen and oxygen atoms in total. The molecule has 1 amide bonds. The Morgan fingerprint density at radius 3 is 2.56 bits per heavy atom. The van der Waals surface area contributed by atoms with E-state index in [1.165, 1.54) is 23.1 Å². The number of aryl methyl sites for hydroxylation is 1. The molecule has 1 aliphatic carbocycles. The maximum Gasteiger partial charge on any atom is 0.272 e. The maximum absolute atomic E-state index is 12.8. The summed E-state index contributed by atoms with van der Waals surface area (Å²) in [4.78, 5) is 27.0. The number of nitrogens with one attached hydrogen (secondary N) is 1. The van der Waals surface area contributed by atoms with Crippen molar-refractivity contribution in [3.05, 3.63) is 77.5 Å². The minimum Gasteiger partial charge on any atom is -0.485 e. The summed E-state index contributed by atoms with van der Waals surface area (Å²) < 4.78 is 8.29. The number of rotatable bonds is 6.